The summed E-state index contributed by atoms with van der Waals surface area (Å²) in [4.78, 5) is 16.6. The third-order valence-corrected chi connectivity index (χ3v) is 4.81. The second kappa shape index (κ2) is 17.2. The summed E-state index contributed by atoms with van der Waals surface area (Å²) >= 11 is 0. The lowest BCUT2D eigenvalue weighted by molar-refractivity contribution is -0.239. The van der Waals surface area contributed by atoms with Crippen LogP contribution in [0, 0.1) is 0 Å². The van der Waals surface area contributed by atoms with Crippen molar-refractivity contribution >= 4 is 5.91 Å². The third-order valence-electron chi connectivity index (χ3n) is 4.81. The highest BCUT2D eigenvalue weighted by Crippen LogP contribution is 2.14. The van der Waals surface area contributed by atoms with Gasteiger partial charge in [-0.3, -0.25) is 9.63 Å². The molecule has 0 unspecified atom stereocenters. The lowest BCUT2D eigenvalue weighted by Crippen LogP contribution is -2.43. The Morgan fingerprint density at radius 3 is 1.46 bits per heavy atom. The van der Waals surface area contributed by atoms with Crippen LogP contribution in [0.25, 0.3) is 0 Å². The monoisotopic (exact) mass is 343 g/mol. The van der Waals surface area contributed by atoms with Crippen LogP contribution in [0.5, 0.6) is 0 Å². The van der Waals surface area contributed by atoms with Crippen LogP contribution in [0.1, 0.15) is 110 Å². The number of rotatable bonds is 16. The van der Waals surface area contributed by atoms with E-state index < -0.39 is 0 Å². The molecule has 1 rings (SSSR count). The molecule has 0 saturated carbocycles. The fourth-order valence-corrected chi connectivity index (χ4v) is 3.15. The second-order valence-electron chi connectivity index (χ2n) is 7.03. The summed E-state index contributed by atoms with van der Waals surface area (Å²) in [5.74, 6) is 0.172. The molecule has 1 aliphatic heterocycles. The fraction of sp³-hybridized carbons (Fsp3) is 0.950. The van der Waals surface area contributed by atoms with Crippen LogP contribution in [0.3, 0.4) is 0 Å². The maximum atomic E-state index is 11.6. The first-order valence-electron chi connectivity index (χ1n) is 10.3. The highest BCUT2D eigenvalue weighted by molar-refractivity contribution is 5.75. The van der Waals surface area contributed by atoms with E-state index in [0.717, 1.165) is 13.0 Å². The summed E-state index contributed by atoms with van der Waals surface area (Å²) in [6, 6.07) is 0. The molecular formula is C20H41NO3. The van der Waals surface area contributed by atoms with E-state index in [-0.39, 0.29) is 11.4 Å². The topological polar surface area (TPSA) is 61.0 Å². The zero-order valence-corrected chi connectivity index (χ0v) is 16.0. The highest BCUT2D eigenvalue weighted by atomic mass is 16.7. The summed E-state index contributed by atoms with van der Waals surface area (Å²) in [6.45, 7) is 3.78. The third kappa shape index (κ3) is 12.8. The van der Waals surface area contributed by atoms with E-state index in [1.54, 1.807) is 0 Å². The standard InChI is InChI=1S/C20H39NO2.H2O/c1-2-3-4-5-6-7-8-9-10-11-12-13-14-15-16-17-20(22)21-18-19-23-21;/h2-19H2,1H3;1H2. The van der Waals surface area contributed by atoms with Crippen molar-refractivity contribution in [3.05, 3.63) is 0 Å². The van der Waals surface area contributed by atoms with Gasteiger partial charge in [0.15, 0.2) is 0 Å². The molecule has 0 aliphatic carbocycles. The molecule has 1 fully saturated rings. The van der Waals surface area contributed by atoms with Crippen LogP contribution in [-0.4, -0.2) is 29.6 Å². The van der Waals surface area contributed by atoms with E-state index in [1.165, 1.54) is 95.0 Å². The minimum Gasteiger partial charge on any atom is -0.412 e. The Hall–Kier alpha value is -0.610. The SMILES string of the molecule is CCCCCCCCCCCCCCCCCC(=O)N1CCO1.O. The van der Waals surface area contributed by atoms with Gasteiger partial charge >= 0.3 is 0 Å². The molecular weight excluding hydrogens is 302 g/mol. The van der Waals surface area contributed by atoms with Crippen LogP contribution in [0.2, 0.25) is 0 Å². The average Bonchev–Trinajstić information content (AvgIpc) is 2.49. The van der Waals surface area contributed by atoms with E-state index in [1.807, 2.05) is 0 Å². The zero-order valence-electron chi connectivity index (χ0n) is 16.0. The molecule has 0 radical (unpaired) electrons. The molecule has 2 N–H and O–H groups in total. The van der Waals surface area contributed by atoms with Crippen LogP contribution in [0.15, 0.2) is 0 Å². The van der Waals surface area contributed by atoms with Crippen LogP contribution in [-0.2, 0) is 9.63 Å². The summed E-state index contributed by atoms with van der Waals surface area (Å²) in [6.07, 6.45) is 21.1. The molecule has 0 bridgehead atoms. The van der Waals surface area contributed by atoms with Gasteiger partial charge in [-0.05, 0) is 6.42 Å². The van der Waals surface area contributed by atoms with E-state index in [9.17, 15) is 4.79 Å². The number of carbonyl (C=O) groups excluding carboxylic acids is 1. The second-order valence-corrected chi connectivity index (χ2v) is 7.03. The fourth-order valence-electron chi connectivity index (χ4n) is 3.15. The Labute approximate surface area is 149 Å². The van der Waals surface area contributed by atoms with Crippen molar-refractivity contribution in [2.75, 3.05) is 13.2 Å². The predicted octanol–water partition coefficient (Wildman–Crippen LogP) is 5.20. The molecule has 1 amide bonds. The Bertz CT molecular complexity index is 280. The minimum atomic E-state index is 0. The number of carbonyl (C=O) groups is 1. The Balaban J connectivity index is 0.00000529. The number of hydroxylamine groups is 2. The number of amides is 1. The maximum Gasteiger partial charge on any atom is 0.246 e. The molecule has 0 aromatic carbocycles. The van der Waals surface area contributed by atoms with E-state index >= 15 is 0 Å². The first kappa shape index (κ1) is 23.4. The molecule has 0 aromatic heterocycles. The van der Waals surface area contributed by atoms with E-state index in [4.69, 9.17) is 4.84 Å². The highest BCUT2D eigenvalue weighted by Gasteiger charge is 2.20. The van der Waals surface area contributed by atoms with Crippen molar-refractivity contribution in [1.29, 1.82) is 0 Å². The van der Waals surface area contributed by atoms with Gasteiger partial charge in [0.2, 0.25) is 5.91 Å². The maximum absolute atomic E-state index is 11.6. The van der Waals surface area contributed by atoms with Gasteiger partial charge in [-0.2, -0.15) is 0 Å². The van der Waals surface area contributed by atoms with Gasteiger partial charge in [-0.1, -0.05) is 96.8 Å². The van der Waals surface area contributed by atoms with Crippen LogP contribution >= 0.6 is 0 Å². The number of hydrogen-bond acceptors (Lipinski definition) is 2. The molecule has 1 saturated heterocycles. The molecule has 24 heavy (non-hydrogen) atoms. The van der Waals surface area contributed by atoms with Crippen molar-refractivity contribution in [2.24, 2.45) is 0 Å². The first-order valence-corrected chi connectivity index (χ1v) is 10.3. The van der Waals surface area contributed by atoms with Crippen molar-refractivity contribution < 1.29 is 15.1 Å². The number of hydrogen-bond donors (Lipinski definition) is 0. The Morgan fingerprint density at radius 1 is 0.750 bits per heavy atom. The number of nitrogens with zero attached hydrogens (tertiary/aromatic N) is 1. The van der Waals surface area contributed by atoms with Gasteiger partial charge in [-0.25, -0.2) is 5.06 Å². The van der Waals surface area contributed by atoms with Crippen molar-refractivity contribution in [2.45, 2.75) is 110 Å². The van der Waals surface area contributed by atoms with Gasteiger partial charge in [0.05, 0.1) is 13.2 Å². The van der Waals surface area contributed by atoms with E-state index in [0.29, 0.717) is 13.0 Å². The van der Waals surface area contributed by atoms with Gasteiger partial charge in [0.25, 0.3) is 0 Å². The summed E-state index contributed by atoms with van der Waals surface area (Å²) in [5, 5.41) is 1.50. The molecule has 1 aliphatic rings. The largest absolute Gasteiger partial charge is 0.412 e. The lowest BCUT2D eigenvalue weighted by Gasteiger charge is -2.29. The number of unbranched alkanes of at least 4 members (excludes halogenated alkanes) is 14. The molecule has 0 aromatic rings. The lowest BCUT2D eigenvalue weighted by atomic mass is 10.0. The molecule has 4 heteroatoms. The van der Waals surface area contributed by atoms with Crippen molar-refractivity contribution in [3.63, 3.8) is 0 Å². The van der Waals surface area contributed by atoms with Crippen molar-refractivity contribution in [3.8, 4) is 0 Å². The Kier molecular flexibility index (Phi) is 16.8. The zero-order chi connectivity index (χ0) is 16.6. The van der Waals surface area contributed by atoms with Gasteiger partial charge in [0, 0.05) is 6.42 Å². The molecule has 0 atom stereocenters. The van der Waals surface area contributed by atoms with E-state index in [2.05, 4.69) is 6.92 Å². The van der Waals surface area contributed by atoms with Crippen LogP contribution in [0.4, 0.5) is 0 Å². The molecule has 1 heterocycles. The minimum absolute atomic E-state index is 0. The Morgan fingerprint density at radius 2 is 1.12 bits per heavy atom. The smallest absolute Gasteiger partial charge is 0.246 e. The summed E-state index contributed by atoms with van der Waals surface area (Å²) in [5.41, 5.74) is 0. The normalized spacial score (nSPS) is 13.5. The van der Waals surface area contributed by atoms with Gasteiger partial charge in [-0.15, -0.1) is 0 Å². The molecule has 4 nitrogen and oxygen atoms in total. The quantitative estimate of drug-likeness (QED) is 0.362. The predicted molar refractivity (Wildman–Crippen MR) is 101 cm³/mol. The summed E-state index contributed by atoms with van der Waals surface area (Å²) in [7, 11) is 0. The molecule has 0 spiro atoms. The summed E-state index contributed by atoms with van der Waals surface area (Å²) < 4.78 is 0. The van der Waals surface area contributed by atoms with Gasteiger partial charge < -0.3 is 5.48 Å². The molecule has 144 valence electrons. The van der Waals surface area contributed by atoms with Crippen LogP contribution < -0.4 is 0 Å². The first-order chi connectivity index (χ1) is 11.3. The average molecular weight is 344 g/mol. The van der Waals surface area contributed by atoms with Gasteiger partial charge in [0.1, 0.15) is 0 Å². The van der Waals surface area contributed by atoms with Crippen molar-refractivity contribution in [1.82, 2.24) is 5.06 Å².